The van der Waals surface area contributed by atoms with Crippen LogP contribution in [0.1, 0.15) is 234 Å². The van der Waals surface area contributed by atoms with Gasteiger partial charge in [0, 0.05) is 125 Å². The third-order valence-corrected chi connectivity index (χ3v) is 31.1. The van der Waals surface area contributed by atoms with Crippen molar-refractivity contribution in [3.05, 3.63) is 165 Å². The van der Waals surface area contributed by atoms with Crippen molar-refractivity contribution >= 4 is 70.5 Å². The molecule has 8 heterocycles. The number of alkyl halides is 12. The molecule has 0 atom stereocenters. The molecular formula is C100H124F12N24O12. The number of carbonyl (C=O) groups excluding carboxylic acids is 8. The predicted octanol–water partition coefficient (Wildman–Crippen LogP) is 13.3. The van der Waals surface area contributed by atoms with Gasteiger partial charge in [-0.2, -0.15) is 73.1 Å². The molecule has 8 saturated carbocycles. The van der Waals surface area contributed by atoms with E-state index in [9.17, 15) is 91.0 Å². The van der Waals surface area contributed by atoms with E-state index >= 15 is 0 Å². The highest BCUT2D eigenvalue weighted by molar-refractivity contribution is 6.05. The summed E-state index contributed by atoms with van der Waals surface area (Å²) < 4.78 is 194. The van der Waals surface area contributed by atoms with E-state index in [1.165, 1.54) is 24.8 Å². The molecule has 800 valence electrons. The Morgan fingerprint density at radius 2 is 0.534 bits per heavy atom. The van der Waals surface area contributed by atoms with Crippen LogP contribution in [0.4, 0.5) is 76.0 Å². The van der Waals surface area contributed by atoms with Gasteiger partial charge >= 0.3 is 24.7 Å². The lowest BCUT2D eigenvalue weighted by molar-refractivity contribution is -0.332. The second-order valence-electron chi connectivity index (χ2n) is 42.4. The highest BCUT2D eigenvalue weighted by Crippen LogP contribution is 2.53. The van der Waals surface area contributed by atoms with Gasteiger partial charge in [-0.1, -0.05) is 60.7 Å². The first kappa shape index (κ1) is 110. The summed E-state index contributed by atoms with van der Waals surface area (Å²) >= 11 is 0. The Morgan fingerprint density at radius 1 is 0.338 bits per heavy atom. The molecule has 0 radical (unpaired) electrons. The number of benzene rings is 2. The molecule has 12 N–H and O–H groups in total. The molecule has 8 aliphatic carbocycles. The highest BCUT2D eigenvalue weighted by atomic mass is 19.4. The number of hydrogen-bond donors (Lipinski definition) is 8. The molecule has 12 aliphatic rings. The van der Waals surface area contributed by atoms with E-state index in [1.54, 1.807) is 127 Å². The van der Waals surface area contributed by atoms with E-state index in [4.69, 9.17) is 68.2 Å². The van der Waals surface area contributed by atoms with Gasteiger partial charge in [-0.25, -0.2) is 26.3 Å². The summed E-state index contributed by atoms with van der Waals surface area (Å²) in [6.07, 6.45) is 1.64. The van der Waals surface area contributed by atoms with Crippen LogP contribution in [0.3, 0.4) is 0 Å². The number of aromatic nitrogens is 8. The number of carbonyl (C=O) groups is 8. The van der Waals surface area contributed by atoms with Crippen molar-refractivity contribution in [3.63, 3.8) is 0 Å². The van der Waals surface area contributed by atoms with Crippen LogP contribution in [0.5, 0.6) is 0 Å². The number of rotatable bonds is 34. The van der Waals surface area contributed by atoms with Crippen molar-refractivity contribution in [3.8, 4) is 0 Å². The van der Waals surface area contributed by atoms with Crippen LogP contribution in [-0.2, 0) is 73.5 Å². The molecule has 36 nitrogen and oxygen atoms in total. The minimum Gasteiger partial charge on any atom is -0.365 e. The summed E-state index contributed by atoms with van der Waals surface area (Å²) in [5.41, 5.74) is 12.1. The van der Waals surface area contributed by atoms with Crippen LogP contribution in [-0.4, -0.2) is 268 Å². The molecule has 4 saturated heterocycles. The van der Waals surface area contributed by atoms with Gasteiger partial charge in [0.05, 0.1) is 25.4 Å². The van der Waals surface area contributed by atoms with Crippen LogP contribution in [0.25, 0.3) is 19.4 Å². The summed E-state index contributed by atoms with van der Waals surface area (Å²) in [5.74, 6) is -3.83. The van der Waals surface area contributed by atoms with E-state index in [0.717, 1.165) is 51.4 Å². The average Bonchev–Trinajstić information content (AvgIpc) is 1.39. The molecule has 0 bridgehead atoms. The van der Waals surface area contributed by atoms with E-state index < -0.39 is 105 Å². The zero-order valence-electron chi connectivity index (χ0n) is 82.6. The summed E-state index contributed by atoms with van der Waals surface area (Å²) in [6.45, 7) is 34.7. The zero-order valence-corrected chi connectivity index (χ0v) is 82.6. The molecule has 12 fully saturated rings. The predicted molar refractivity (Wildman–Crippen MR) is 512 cm³/mol. The molecule has 148 heavy (non-hydrogen) atoms. The lowest BCUT2D eigenvalue weighted by Crippen LogP contribution is -2.73. The van der Waals surface area contributed by atoms with E-state index in [-0.39, 0.29) is 209 Å². The van der Waals surface area contributed by atoms with Crippen LogP contribution in [0, 0.1) is 50.0 Å². The van der Waals surface area contributed by atoms with Crippen molar-refractivity contribution in [2.45, 2.75) is 301 Å². The van der Waals surface area contributed by atoms with E-state index in [2.05, 4.69) is 61.0 Å². The number of nitrogens with one attached hydrogen (secondary N) is 4. The molecule has 2 aromatic carbocycles. The number of hydrogen-bond acceptors (Lipinski definition) is 20. The number of likely N-dealkylation sites (tertiary alicyclic amines) is 4. The number of nitrogens with zero attached hydrogens (tertiary/aromatic N) is 16. The Hall–Kier alpha value is -12.2. The van der Waals surface area contributed by atoms with Gasteiger partial charge in [-0.05, 0) is 193 Å². The maximum Gasteiger partial charge on any atom is 0.419 e. The number of ether oxygens (including phenoxy) is 4. The number of halogens is 12. The average molecular weight is 2080 g/mol. The van der Waals surface area contributed by atoms with Gasteiger partial charge in [0.15, 0.2) is 45.7 Å². The second-order valence-corrected chi connectivity index (χ2v) is 42.4. The number of anilines is 4. The molecule has 8 amide bonds. The van der Waals surface area contributed by atoms with Crippen LogP contribution < -0.4 is 44.2 Å². The van der Waals surface area contributed by atoms with Crippen LogP contribution in [0.15, 0.2) is 85.5 Å². The van der Waals surface area contributed by atoms with Crippen molar-refractivity contribution < 1.29 is 110 Å². The normalized spacial score (nSPS) is 25.8. The lowest BCUT2D eigenvalue weighted by atomic mass is 9.77. The molecular weight excluding hydrogens is 1960 g/mol. The van der Waals surface area contributed by atoms with Gasteiger partial charge in [0.2, 0.25) is 49.8 Å². The first-order chi connectivity index (χ1) is 69.9. The molecule has 4 aliphatic heterocycles. The minimum atomic E-state index is -4.50. The van der Waals surface area contributed by atoms with Gasteiger partial charge < -0.3 is 82.5 Å². The third kappa shape index (κ3) is 24.0. The van der Waals surface area contributed by atoms with Crippen molar-refractivity contribution in [2.75, 3.05) is 99.8 Å². The quantitative estimate of drug-likeness (QED) is 0.0137. The van der Waals surface area contributed by atoms with Crippen LogP contribution >= 0.6 is 0 Å². The Bertz CT molecular complexity index is 5600. The summed E-state index contributed by atoms with van der Waals surface area (Å²) in [4.78, 5) is 119. The second kappa shape index (κ2) is 43.4. The smallest absolute Gasteiger partial charge is 0.365 e. The van der Waals surface area contributed by atoms with Crippen LogP contribution in [0.2, 0.25) is 0 Å². The van der Waals surface area contributed by atoms with Crippen molar-refractivity contribution in [2.24, 2.45) is 46.6 Å². The summed E-state index contributed by atoms with van der Waals surface area (Å²) in [6, 6.07) is 17.3. The fourth-order valence-corrected chi connectivity index (χ4v) is 21.6. The summed E-state index contributed by atoms with van der Waals surface area (Å²) in [5, 5.41) is 28.6. The molecule has 4 aromatic heterocycles. The van der Waals surface area contributed by atoms with Gasteiger partial charge in [0.1, 0.15) is 44.4 Å². The highest BCUT2D eigenvalue weighted by Gasteiger charge is 2.69. The standard InChI is InChI=1S/2C27H31F3N6O3.2C23H31F3N6O3/c2*1-32-15-25(36-13-21(22(31)37)23(34-36)33-24(38)19-7-8-19)11-9-20(10-12-25)35-16-26(17-35,27(28,29)30)39-14-18-5-3-2-4-6-18;2*1-14(2)35-22(23(24,25)26)12-31(13-22)16-6-8-21(9-7-16,11-28-3)32-10-17(18(27)33)19(30-32)29-20(34)15-4-5-15/h2*2-6,13,19-20H,7-12,14-17H2,(H2,31,37)(H,33,34,38);2*10,14-16H,4-9,11-13H2,1-2H3,(H2,27,33)(H,29,30,34). The molecule has 48 heteroatoms. The van der Waals surface area contributed by atoms with E-state index in [1.807, 2.05) is 0 Å². The Labute approximate surface area is 847 Å². The molecule has 18 rings (SSSR count). The Balaban J connectivity index is 0.000000148. The van der Waals surface area contributed by atoms with Gasteiger partial charge in [-0.15, -0.1) is 0 Å². The first-order valence-corrected chi connectivity index (χ1v) is 50.0. The monoisotopic (exact) mass is 2080 g/mol. The lowest BCUT2D eigenvalue weighted by Gasteiger charge is -2.55. The van der Waals surface area contributed by atoms with Crippen molar-refractivity contribution in [1.29, 1.82) is 0 Å². The molecule has 6 aromatic rings. The SMILES string of the molecule is [C-]#[N+]CC1(n2cc(C(N)=O)c(NC(=O)C3CC3)n2)CCC(N2CC(OC(C)C)(C(F)(F)F)C2)CC1.[C-]#[N+]CC1(n2cc(C(N)=O)c(NC(=O)C3CC3)n2)CCC(N2CC(OC(C)C)(C(F)(F)F)C2)CC1.[C-]#[N+]CC1(n2cc(C(N)=O)c(NC(=O)C3CC3)n2)CCC(N2CC(OCc3ccccc3)(C(F)(F)F)C2)CC1.[C-]#[N+]CC1(n2cc(C(N)=O)c(NC(=O)C3CC3)n2)CCC(N2CC(OCc3ccccc3)(C(F)(F)F)C2)CC1. The van der Waals surface area contributed by atoms with Crippen molar-refractivity contribution in [1.82, 2.24) is 58.7 Å². The number of nitrogens with two attached hydrogens (primary N) is 4. The topological polar surface area (TPSA) is 427 Å². The Kier molecular flexibility index (Phi) is 32.3. The molecule has 0 spiro atoms. The van der Waals surface area contributed by atoms with Gasteiger partial charge in [-0.3, -0.25) is 76.7 Å². The zero-order chi connectivity index (χ0) is 107. The first-order valence-electron chi connectivity index (χ1n) is 50.0. The van der Waals surface area contributed by atoms with Gasteiger partial charge in [0.25, 0.3) is 23.6 Å². The maximum atomic E-state index is 14.0. The fraction of sp³-hybridized carbons (Fsp3) is 0.640. The fourth-order valence-electron chi connectivity index (χ4n) is 21.6. The summed E-state index contributed by atoms with van der Waals surface area (Å²) in [7, 11) is 0. The number of amides is 8. The number of primary amides is 4. The third-order valence-electron chi connectivity index (χ3n) is 31.1. The largest absolute Gasteiger partial charge is 0.419 e. The minimum absolute atomic E-state index is 0.0692. The molecule has 0 unspecified atom stereocenters. The maximum absolute atomic E-state index is 14.0. The van der Waals surface area contributed by atoms with E-state index in [0.29, 0.717) is 114 Å². The Morgan fingerprint density at radius 3 is 0.703 bits per heavy atom.